The van der Waals surface area contributed by atoms with Gasteiger partial charge in [0.05, 0.1) is 12.7 Å². The molecule has 3 rings (SSSR count). The first kappa shape index (κ1) is 27.7. The molecule has 2 N–H and O–H groups in total. The standard InChI is InChI=1S/C29H40N2O5/c1-7-11-24(21-17-28(2,3)31(35-6)29(4,5)18-21)30-26(33)19-36-22-14-15-23(25(32)16-22)27(34)20-12-9-8-10-13-20/h8-10,12-16,21,24,32H,7,11,17-19H2,1-6H3,(H,30,33). The summed E-state index contributed by atoms with van der Waals surface area (Å²) in [7, 11) is 1.72. The van der Waals surface area contributed by atoms with Crippen molar-refractivity contribution in [3.8, 4) is 11.5 Å². The second-order valence-corrected chi connectivity index (χ2v) is 10.9. The third-order valence-electron chi connectivity index (χ3n) is 6.94. The molecule has 1 aliphatic rings. The summed E-state index contributed by atoms with van der Waals surface area (Å²) in [4.78, 5) is 31.2. The lowest BCUT2D eigenvalue weighted by atomic mass is 9.71. The lowest BCUT2D eigenvalue weighted by molar-refractivity contribution is -0.273. The number of aromatic hydroxyl groups is 1. The number of hydrogen-bond donors (Lipinski definition) is 2. The molecule has 0 spiro atoms. The molecule has 0 aromatic heterocycles. The highest BCUT2D eigenvalue weighted by atomic mass is 16.7. The lowest BCUT2D eigenvalue weighted by Crippen LogP contribution is -2.62. The van der Waals surface area contributed by atoms with Crippen LogP contribution in [0.25, 0.3) is 0 Å². The molecule has 1 atom stereocenters. The first-order valence-corrected chi connectivity index (χ1v) is 12.7. The third kappa shape index (κ3) is 6.45. The van der Waals surface area contributed by atoms with Crippen molar-refractivity contribution < 1.29 is 24.3 Å². The van der Waals surface area contributed by atoms with Gasteiger partial charge in [-0.25, -0.2) is 0 Å². The number of nitrogens with zero attached hydrogens (tertiary/aromatic N) is 1. The second kappa shape index (κ2) is 11.4. The van der Waals surface area contributed by atoms with Gasteiger partial charge >= 0.3 is 0 Å². The number of ether oxygens (including phenoxy) is 1. The van der Waals surface area contributed by atoms with Crippen molar-refractivity contribution in [2.24, 2.45) is 5.92 Å². The van der Waals surface area contributed by atoms with E-state index < -0.39 is 0 Å². The quantitative estimate of drug-likeness (QED) is 0.444. The zero-order chi connectivity index (χ0) is 26.5. The van der Waals surface area contributed by atoms with E-state index in [1.54, 1.807) is 37.4 Å². The molecule has 196 valence electrons. The van der Waals surface area contributed by atoms with Crippen LogP contribution in [0.15, 0.2) is 48.5 Å². The Labute approximate surface area is 214 Å². The van der Waals surface area contributed by atoms with Crippen LogP contribution in [0.1, 0.15) is 76.2 Å². The van der Waals surface area contributed by atoms with E-state index in [4.69, 9.17) is 9.57 Å². The van der Waals surface area contributed by atoms with Gasteiger partial charge < -0.3 is 20.0 Å². The van der Waals surface area contributed by atoms with Crippen LogP contribution in [-0.4, -0.2) is 52.7 Å². The Balaban J connectivity index is 1.63. The average molecular weight is 497 g/mol. The van der Waals surface area contributed by atoms with E-state index in [2.05, 4.69) is 45.0 Å². The molecular weight excluding hydrogens is 456 g/mol. The first-order chi connectivity index (χ1) is 17.0. The van der Waals surface area contributed by atoms with E-state index in [1.165, 1.54) is 12.1 Å². The summed E-state index contributed by atoms with van der Waals surface area (Å²) in [5.74, 6) is -0.0279. The maximum Gasteiger partial charge on any atom is 0.258 e. The number of phenols is 1. The Bertz CT molecular complexity index is 1030. The topological polar surface area (TPSA) is 88.1 Å². The van der Waals surface area contributed by atoms with Crippen molar-refractivity contribution in [3.05, 3.63) is 59.7 Å². The highest BCUT2D eigenvalue weighted by Crippen LogP contribution is 2.43. The monoisotopic (exact) mass is 496 g/mol. The molecule has 2 aromatic rings. The van der Waals surface area contributed by atoms with Crippen LogP contribution in [0.5, 0.6) is 11.5 Å². The summed E-state index contributed by atoms with van der Waals surface area (Å²) in [6.07, 6.45) is 3.65. The summed E-state index contributed by atoms with van der Waals surface area (Å²) in [6, 6.07) is 13.3. The molecule has 0 saturated carbocycles. The molecule has 7 nitrogen and oxygen atoms in total. The molecule has 7 heteroatoms. The Hall–Kier alpha value is -2.90. The highest BCUT2D eigenvalue weighted by molar-refractivity contribution is 6.10. The van der Waals surface area contributed by atoms with Gasteiger partial charge in [0.15, 0.2) is 12.4 Å². The van der Waals surface area contributed by atoms with E-state index in [0.29, 0.717) is 17.2 Å². The van der Waals surface area contributed by atoms with Gasteiger partial charge in [-0.3, -0.25) is 9.59 Å². The Morgan fingerprint density at radius 1 is 1.08 bits per heavy atom. The van der Waals surface area contributed by atoms with Gasteiger partial charge in [-0.15, -0.1) is 0 Å². The van der Waals surface area contributed by atoms with Crippen molar-refractivity contribution in [2.45, 2.75) is 77.4 Å². The van der Waals surface area contributed by atoms with E-state index in [9.17, 15) is 14.7 Å². The van der Waals surface area contributed by atoms with E-state index in [1.807, 2.05) is 6.07 Å². The number of rotatable bonds is 10. The molecule has 1 aliphatic heterocycles. The number of hydroxylamine groups is 2. The maximum absolute atomic E-state index is 12.8. The molecule has 1 amide bonds. The summed E-state index contributed by atoms with van der Waals surface area (Å²) in [6.45, 7) is 10.7. The summed E-state index contributed by atoms with van der Waals surface area (Å²) >= 11 is 0. The summed E-state index contributed by atoms with van der Waals surface area (Å²) in [5, 5.41) is 15.7. The third-order valence-corrected chi connectivity index (χ3v) is 6.94. The number of piperidine rings is 1. The van der Waals surface area contributed by atoms with Crippen LogP contribution in [0.2, 0.25) is 0 Å². The normalized spacial score (nSPS) is 18.4. The van der Waals surface area contributed by atoms with Crippen LogP contribution >= 0.6 is 0 Å². The number of ketones is 1. The number of hydrogen-bond acceptors (Lipinski definition) is 6. The minimum atomic E-state index is -0.273. The molecule has 1 fully saturated rings. The number of nitrogens with one attached hydrogen (secondary N) is 1. The Morgan fingerprint density at radius 3 is 2.28 bits per heavy atom. The van der Waals surface area contributed by atoms with Gasteiger partial charge in [0.25, 0.3) is 5.91 Å². The highest BCUT2D eigenvalue weighted by Gasteiger charge is 2.48. The number of phenolic OH excluding ortho intramolecular Hbond substituents is 1. The Morgan fingerprint density at radius 2 is 1.72 bits per heavy atom. The number of benzene rings is 2. The van der Waals surface area contributed by atoms with Gasteiger partial charge in [-0.05, 0) is 65.0 Å². The SMILES string of the molecule is CCCC(NC(=O)COc1ccc(C(=O)c2ccccc2)c(O)c1)C1CC(C)(C)N(OC)C(C)(C)C1. The van der Waals surface area contributed by atoms with E-state index in [0.717, 1.165) is 25.7 Å². The largest absolute Gasteiger partial charge is 0.507 e. The average Bonchev–Trinajstić information content (AvgIpc) is 2.81. The molecule has 1 heterocycles. The van der Waals surface area contributed by atoms with Crippen LogP contribution in [-0.2, 0) is 9.63 Å². The minimum absolute atomic E-state index is 0.0305. The maximum atomic E-state index is 12.8. The molecule has 0 aliphatic carbocycles. The van der Waals surface area contributed by atoms with Crippen LogP contribution in [0, 0.1) is 5.92 Å². The fourth-order valence-electron chi connectivity index (χ4n) is 5.79. The van der Waals surface area contributed by atoms with Crippen molar-refractivity contribution in [3.63, 3.8) is 0 Å². The predicted octanol–water partition coefficient (Wildman–Crippen LogP) is 5.12. The molecule has 1 saturated heterocycles. The van der Waals surface area contributed by atoms with E-state index >= 15 is 0 Å². The van der Waals surface area contributed by atoms with Gasteiger partial charge in [0.2, 0.25) is 0 Å². The smallest absolute Gasteiger partial charge is 0.258 e. The second-order valence-electron chi connectivity index (χ2n) is 10.9. The molecule has 0 radical (unpaired) electrons. The number of amides is 1. The van der Waals surface area contributed by atoms with Crippen molar-refractivity contribution >= 4 is 11.7 Å². The number of carbonyl (C=O) groups is 2. The van der Waals surface area contributed by atoms with Crippen LogP contribution in [0.3, 0.4) is 0 Å². The molecule has 36 heavy (non-hydrogen) atoms. The van der Waals surface area contributed by atoms with Gasteiger partial charge in [-0.1, -0.05) is 43.7 Å². The predicted molar refractivity (Wildman–Crippen MR) is 140 cm³/mol. The summed E-state index contributed by atoms with van der Waals surface area (Å²) in [5.41, 5.74) is 0.356. The van der Waals surface area contributed by atoms with Gasteiger partial charge in [0.1, 0.15) is 11.5 Å². The Kier molecular flexibility index (Phi) is 8.80. The van der Waals surface area contributed by atoms with E-state index in [-0.39, 0.29) is 46.7 Å². The zero-order valence-electron chi connectivity index (χ0n) is 22.3. The minimum Gasteiger partial charge on any atom is -0.507 e. The van der Waals surface area contributed by atoms with Crippen molar-refractivity contribution in [1.82, 2.24) is 10.4 Å². The molecular formula is C29H40N2O5. The van der Waals surface area contributed by atoms with Crippen LogP contribution < -0.4 is 10.1 Å². The summed E-state index contributed by atoms with van der Waals surface area (Å²) < 4.78 is 5.66. The van der Waals surface area contributed by atoms with Crippen molar-refractivity contribution in [1.29, 1.82) is 0 Å². The fraction of sp³-hybridized carbons (Fsp3) is 0.517. The van der Waals surface area contributed by atoms with Crippen LogP contribution in [0.4, 0.5) is 0 Å². The molecule has 0 bridgehead atoms. The molecule has 1 unspecified atom stereocenters. The number of carbonyl (C=O) groups excluding carboxylic acids is 2. The lowest BCUT2D eigenvalue weighted by Gasteiger charge is -2.54. The fourth-order valence-corrected chi connectivity index (χ4v) is 5.79. The zero-order valence-corrected chi connectivity index (χ0v) is 22.3. The van der Waals surface area contributed by atoms with Gasteiger partial charge in [-0.2, -0.15) is 5.06 Å². The molecule has 2 aromatic carbocycles. The first-order valence-electron chi connectivity index (χ1n) is 12.7. The van der Waals surface area contributed by atoms with Gasteiger partial charge in [0, 0.05) is 28.7 Å². The van der Waals surface area contributed by atoms with Crippen molar-refractivity contribution in [2.75, 3.05) is 13.7 Å².